The standard InChI is InChI=1S/C22H25FN6O3S.C2H6/c1-22(2,3)32-21(31)28(4)15-11-29(12-15)19(30)17-18-16(5-6-33-18)26-20(27-17)25-9-13-7-14(23)10-24-8-13;1-2/h5-8,10,15H,9,11-12H2,1-4H3,(H,25,26,27);1-2H3. The number of pyridine rings is 1. The van der Waals surface area contributed by atoms with Crippen LogP contribution in [0, 0.1) is 5.82 Å². The number of hydrogen-bond donors (Lipinski definition) is 1. The molecule has 9 nitrogen and oxygen atoms in total. The molecule has 0 aliphatic carbocycles. The molecule has 1 fully saturated rings. The lowest BCUT2D eigenvalue weighted by Gasteiger charge is -2.43. The van der Waals surface area contributed by atoms with Gasteiger partial charge in [0.05, 0.1) is 22.5 Å². The maximum atomic E-state index is 13.4. The minimum Gasteiger partial charge on any atom is -0.444 e. The molecule has 4 heterocycles. The number of ether oxygens (including phenoxy) is 1. The molecular weight excluding hydrogens is 471 g/mol. The van der Waals surface area contributed by atoms with Gasteiger partial charge in [0, 0.05) is 32.9 Å². The molecule has 0 spiro atoms. The number of carbonyl (C=O) groups excluding carboxylic acids is 2. The number of carbonyl (C=O) groups is 2. The quantitative estimate of drug-likeness (QED) is 0.546. The number of halogens is 1. The van der Waals surface area contributed by atoms with Gasteiger partial charge in [0.15, 0.2) is 5.69 Å². The Hall–Kier alpha value is -3.34. The number of nitrogens with zero attached hydrogens (tertiary/aromatic N) is 5. The Morgan fingerprint density at radius 3 is 2.63 bits per heavy atom. The lowest BCUT2D eigenvalue weighted by Crippen LogP contribution is -2.61. The Bertz CT molecular complexity index is 1190. The van der Waals surface area contributed by atoms with Crippen LogP contribution >= 0.6 is 11.3 Å². The van der Waals surface area contributed by atoms with Gasteiger partial charge < -0.3 is 19.9 Å². The summed E-state index contributed by atoms with van der Waals surface area (Å²) in [5.74, 6) is -0.381. The third kappa shape index (κ3) is 6.41. The van der Waals surface area contributed by atoms with Gasteiger partial charge >= 0.3 is 6.09 Å². The van der Waals surface area contributed by atoms with Crippen LogP contribution in [0.3, 0.4) is 0 Å². The Kier molecular flexibility index (Phi) is 8.21. The van der Waals surface area contributed by atoms with Gasteiger partial charge in [-0.05, 0) is 43.8 Å². The summed E-state index contributed by atoms with van der Waals surface area (Å²) in [6.45, 7) is 10.5. The van der Waals surface area contributed by atoms with Crippen molar-refractivity contribution in [1.82, 2.24) is 24.8 Å². The van der Waals surface area contributed by atoms with Gasteiger partial charge in [-0.3, -0.25) is 9.78 Å². The van der Waals surface area contributed by atoms with E-state index >= 15 is 0 Å². The van der Waals surface area contributed by atoms with Crippen LogP contribution in [0.1, 0.15) is 50.7 Å². The predicted octanol–water partition coefficient (Wildman–Crippen LogP) is 4.56. The molecule has 11 heteroatoms. The van der Waals surface area contributed by atoms with Crippen LogP contribution in [0.5, 0.6) is 0 Å². The molecule has 1 saturated heterocycles. The number of likely N-dealkylation sites (N-methyl/N-ethyl adjacent to an activating group) is 1. The van der Waals surface area contributed by atoms with Crippen molar-refractivity contribution < 1.29 is 18.7 Å². The number of rotatable bonds is 5. The fourth-order valence-corrected chi connectivity index (χ4v) is 4.13. The van der Waals surface area contributed by atoms with Crippen LogP contribution in [0.15, 0.2) is 29.9 Å². The van der Waals surface area contributed by atoms with E-state index in [2.05, 4.69) is 20.3 Å². The third-order valence-electron chi connectivity index (χ3n) is 5.10. The zero-order valence-corrected chi connectivity index (χ0v) is 21.6. The summed E-state index contributed by atoms with van der Waals surface area (Å²) in [6, 6.07) is 3.07. The van der Waals surface area contributed by atoms with E-state index in [1.165, 1.54) is 22.3 Å². The molecule has 0 atom stereocenters. The Morgan fingerprint density at radius 1 is 1.26 bits per heavy atom. The highest BCUT2D eigenvalue weighted by molar-refractivity contribution is 7.17. The van der Waals surface area contributed by atoms with Gasteiger partial charge in [0.25, 0.3) is 5.91 Å². The molecule has 1 N–H and O–H groups in total. The van der Waals surface area contributed by atoms with Crippen molar-refractivity contribution in [2.45, 2.75) is 52.8 Å². The van der Waals surface area contributed by atoms with E-state index < -0.39 is 17.5 Å². The van der Waals surface area contributed by atoms with E-state index in [-0.39, 0.29) is 24.4 Å². The van der Waals surface area contributed by atoms with E-state index in [1.54, 1.807) is 18.1 Å². The van der Waals surface area contributed by atoms with E-state index in [4.69, 9.17) is 4.74 Å². The molecule has 3 aromatic rings. The average Bonchev–Trinajstić information content (AvgIpc) is 3.25. The Morgan fingerprint density at radius 2 is 1.97 bits per heavy atom. The monoisotopic (exact) mass is 502 g/mol. The topological polar surface area (TPSA) is 101 Å². The molecule has 1 aliphatic heterocycles. The molecule has 0 saturated carbocycles. The zero-order valence-electron chi connectivity index (χ0n) is 20.8. The molecule has 3 aromatic heterocycles. The zero-order chi connectivity index (χ0) is 25.8. The second kappa shape index (κ2) is 10.9. The van der Waals surface area contributed by atoms with E-state index in [0.29, 0.717) is 34.6 Å². The Balaban J connectivity index is 0.00000167. The molecule has 2 amide bonds. The number of fused-ring (bicyclic) bond motifs is 1. The van der Waals surface area contributed by atoms with Crippen LogP contribution < -0.4 is 5.32 Å². The summed E-state index contributed by atoms with van der Waals surface area (Å²) in [5.41, 5.74) is 1.00. The number of thiophene rings is 1. The molecule has 0 bridgehead atoms. The summed E-state index contributed by atoms with van der Waals surface area (Å²) >= 11 is 1.39. The number of aromatic nitrogens is 3. The fourth-order valence-electron chi connectivity index (χ4n) is 3.32. The minimum atomic E-state index is -0.582. The summed E-state index contributed by atoms with van der Waals surface area (Å²) in [7, 11) is 1.67. The molecule has 188 valence electrons. The third-order valence-corrected chi connectivity index (χ3v) is 6.01. The minimum absolute atomic E-state index is 0.123. The van der Waals surface area contributed by atoms with Crippen molar-refractivity contribution in [3.05, 3.63) is 47.0 Å². The summed E-state index contributed by atoms with van der Waals surface area (Å²) in [6.07, 6.45) is 2.27. The fraction of sp³-hybridized carbons (Fsp3) is 0.458. The van der Waals surface area contributed by atoms with E-state index in [9.17, 15) is 14.0 Å². The van der Waals surface area contributed by atoms with Crippen LogP contribution in [0.25, 0.3) is 10.2 Å². The van der Waals surface area contributed by atoms with Gasteiger partial charge in [0.1, 0.15) is 11.4 Å². The van der Waals surface area contributed by atoms with Gasteiger partial charge in [-0.1, -0.05) is 13.8 Å². The van der Waals surface area contributed by atoms with Crippen LogP contribution in [0.2, 0.25) is 0 Å². The lowest BCUT2D eigenvalue weighted by atomic mass is 10.1. The smallest absolute Gasteiger partial charge is 0.410 e. The second-order valence-electron chi connectivity index (χ2n) is 8.85. The predicted molar refractivity (Wildman–Crippen MR) is 134 cm³/mol. The first kappa shape index (κ1) is 26.3. The van der Waals surface area contributed by atoms with E-state index in [1.807, 2.05) is 46.1 Å². The lowest BCUT2D eigenvalue weighted by molar-refractivity contribution is -0.00214. The van der Waals surface area contributed by atoms with Crippen LogP contribution in [-0.4, -0.2) is 68.5 Å². The molecule has 4 rings (SSSR count). The number of likely N-dealkylation sites (tertiary alicyclic amines) is 1. The van der Waals surface area contributed by atoms with Gasteiger partial charge in [-0.15, -0.1) is 11.3 Å². The normalized spacial score (nSPS) is 13.5. The van der Waals surface area contributed by atoms with Gasteiger partial charge in [-0.25, -0.2) is 19.2 Å². The second-order valence-corrected chi connectivity index (χ2v) is 9.77. The summed E-state index contributed by atoms with van der Waals surface area (Å²) < 4.78 is 19.5. The highest BCUT2D eigenvalue weighted by atomic mass is 32.1. The van der Waals surface area contributed by atoms with Crippen molar-refractivity contribution in [3.8, 4) is 0 Å². The first-order chi connectivity index (χ1) is 16.6. The number of nitrogens with one attached hydrogen (secondary N) is 1. The number of anilines is 1. The van der Waals surface area contributed by atoms with Gasteiger partial charge in [-0.2, -0.15) is 0 Å². The van der Waals surface area contributed by atoms with Gasteiger partial charge in [0.2, 0.25) is 5.95 Å². The first-order valence-electron chi connectivity index (χ1n) is 11.4. The van der Waals surface area contributed by atoms with Crippen molar-refractivity contribution in [3.63, 3.8) is 0 Å². The Labute approximate surface area is 208 Å². The van der Waals surface area contributed by atoms with E-state index in [0.717, 1.165) is 6.20 Å². The highest BCUT2D eigenvalue weighted by Gasteiger charge is 2.38. The number of hydrogen-bond acceptors (Lipinski definition) is 8. The van der Waals surface area contributed by atoms with Crippen molar-refractivity contribution in [2.75, 3.05) is 25.5 Å². The molecule has 0 radical (unpaired) electrons. The van der Waals surface area contributed by atoms with Crippen LogP contribution in [0.4, 0.5) is 15.1 Å². The molecular formula is C24H31FN6O3S. The first-order valence-corrected chi connectivity index (χ1v) is 12.3. The average molecular weight is 503 g/mol. The molecule has 0 aromatic carbocycles. The van der Waals surface area contributed by atoms with Crippen molar-refractivity contribution in [1.29, 1.82) is 0 Å². The SMILES string of the molecule is CC.CN(C(=O)OC(C)(C)C)C1CN(C(=O)c2nc(NCc3cncc(F)c3)nc3ccsc23)C1. The molecule has 0 unspecified atom stereocenters. The molecule has 1 aliphatic rings. The number of amides is 2. The largest absolute Gasteiger partial charge is 0.444 e. The van der Waals surface area contributed by atoms with Crippen molar-refractivity contribution in [2.24, 2.45) is 0 Å². The molecule has 35 heavy (non-hydrogen) atoms. The van der Waals surface area contributed by atoms with Crippen molar-refractivity contribution >= 4 is 39.5 Å². The maximum Gasteiger partial charge on any atom is 0.410 e. The maximum absolute atomic E-state index is 13.4. The summed E-state index contributed by atoms with van der Waals surface area (Å²) in [4.78, 5) is 41.4. The summed E-state index contributed by atoms with van der Waals surface area (Å²) in [5, 5.41) is 4.89. The highest BCUT2D eigenvalue weighted by Crippen LogP contribution is 2.27. The van der Waals surface area contributed by atoms with Crippen LogP contribution in [-0.2, 0) is 11.3 Å².